The van der Waals surface area contributed by atoms with Crippen LogP contribution in [-0.4, -0.2) is 65.5 Å². The molecule has 4 aromatic carbocycles. The van der Waals surface area contributed by atoms with E-state index in [4.69, 9.17) is 10.5 Å². The average Bonchev–Trinajstić information content (AvgIpc) is 3.16. The second kappa shape index (κ2) is 17.7. The molecular formula is C40H43N5O6S. The first kappa shape index (κ1) is 37.8. The number of ketones is 1. The van der Waals surface area contributed by atoms with Gasteiger partial charge < -0.3 is 20.9 Å². The molecule has 0 spiro atoms. The Hall–Kier alpha value is -5.43. The normalized spacial score (nSPS) is 12.7. The quantitative estimate of drug-likeness (QED) is 0.116. The van der Waals surface area contributed by atoms with Gasteiger partial charge in [-0.3, -0.25) is 4.79 Å². The van der Waals surface area contributed by atoms with Crippen LogP contribution in [0.15, 0.2) is 127 Å². The number of amides is 1. The number of aliphatic hydroxyl groups excluding tert-OH is 1. The Morgan fingerprint density at radius 1 is 0.865 bits per heavy atom. The number of nitrogens with two attached hydrogens (primary N) is 1. The van der Waals surface area contributed by atoms with Crippen molar-refractivity contribution in [2.75, 3.05) is 19.5 Å². The minimum absolute atomic E-state index is 0.0151. The third-order valence-corrected chi connectivity index (χ3v) is 11.0. The largest absolute Gasteiger partial charge is 0.453 e. The zero-order valence-electron chi connectivity index (χ0n) is 29.1. The van der Waals surface area contributed by atoms with Crippen LogP contribution in [0, 0.1) is 6.92 Å². The van der Waals surface area contributed by atoms with Crippen LogP contribution in [0.2, 0.25) is 0 Å². The van der Waals surface area contributed by atoms with Gasteiger partial charge in [0.05, 0.1) is 18.6 Å². The molecule has 0 aliphatic heterocycles. The van der Waals surface area contributed by atoms with Gasteiger partial charge in [-0.2, -0.15) is 4.31 Å². The van der Waals surface area contributed by atoms with Gasteiger partial charge in [0, 0.05) is 48.1 Å². The highest BCUT2D eigenvalue weighted by atomic mass is 32.2. The lowest BCUT2D eigenvalue weighted by Crippen LogP contribution is -2.46. The van der Waals surface area contributed by atoms with Gasteiger partial charge in [0.2, 0.25) is 10.0 Å². The van der Waals surface area contributed by atoms with Crippen LogP contribution in [0.1, 0.15) is 45.8 Å². The topological polar surface area (TPSA) is 165 Å². The summed E-state index contributed by atoms with van der Waals surface area (Å²) in [5.74, 6) is -0.737. The second-order valence-electron chi connectivity index (χ2n) is 12.5. The Bertz CT molecular complexity index is 2010. The number of carbonyl (C=O) groups excluding carboxylic acids is 2. The van der Waals surface area contributed by atoms with E-state index in [1.54, 1.807) is 13.1 Å². The summed E-state index contributed by atoms with van der Waals surface area (Å²) in [7, 11) is -2.85. The Morgan fingerprint density at radius 2 is 1.46 bits per heavy atom. The molecule has 0 aliphatic carbocycles. The number of aliphatic hydroxyl groups is 1. The highest BCUT2D eigenvalue weighted by molar-refractivity contribution is 7.89. The molecule has 0 saturated carbocycles. The van der Waals surface area contributed by atoms with Crippen molar-refractivity contribution in [2.45, 2.75) is 55.6 Å². The van der Waals surface area contributed by atoms with E-state index in [1.165, 1.54) is 42.0 Å². The highest BCUT2D eigenvalue weighted by Crippen LogP contribution is 2.30. The number of anilines is 1. The molecular weight excluding hydrogens is 679 g/mol. The summed E-state index contributed by atoms with van der Waals surface area (Å²) >= 11 is 0. The summed E-state index contributed by atoms with van der Waals surface area (Å²) in [5, 5.41) is 13.5. The van der Waals surface area contributed by atoms with E-state index in [2.05, 4.69) is 15.3 Å². The van der Waals surface area contributed by atoms with Crippen molar-refractivity contribution >= 4 is 27.6 Å². The zero-order chi connectivity index (χ0) is 37.1. The molecule has 1 aromatic heterocycles. The molecule has 0 saturated heterocycles. The van der Waals surface area contributed by atoms with Crippen molar-refractivity contribution in [3.63, 3.8) is 0 Å². The summed E-state index contributed by atoms with van der Waals surface area (Å²) < 4.78 is 34.4. The molecule has 0 unspecified atom stereocenters. The van der Waals surface area contributed by atoms with Crippen LogP contribution in [0.25, 0.3) is 0 Å². The number of nitrogens with one attached hydrogen (secondary N) is 1. The van der Waals surface area contributed by atoms with Crippen molar-refractivity contribution in [1.82, 2.24) is 19.6 Å². The van der Waals surface area contributed by atoms with Gasteiger partial charge in [0.25, 0.3) is 0 Å². The Balaban J connectivity index is 1.44. The maximum absolute atomic E-state index is 14.3. The van der Waals surface area contributed by atoms with E-state index in [0.717, 1.165) is 22.3 Å². The number of hydrogen-bond donors (Lipinski definition) is 3. The number of aromatic nitrogens is 2. The molecule has 0 bridgehead atoms. The van der Waals surface area contributed by atoms with Crippen molar-refractivity contribution < 1.29 is 27.9 Å². The lowest BCUT2D eigenvalue weighted by Gasteiger charge is -2.30. The summed E-state index contributed by atoms with van der Waals surface area (Å²) in [6.07, 6.45) is 2.81. The second-order valence-corrected chi connectivity index (χ2v) is 14.3. The van der Waals surface area contributed by atoms with Gasteiger partial charge in [0.1, 0.15) is 12.4 Å². The van der Waals surface area contributed by atoms with Gasteiger partial charge in [-0.25, -0.2) is 23.2 Å². The fourth-order valence-electron chi connectivity index (χ4n) is 6.28. The minimum atomic E-state index is -4.11. The fraction of sp³-hybridized carbons (Fsp3) is 0.250. The first-order valence-corrected chi connectivity index (χ1v) is 18.3. The van der Waals surface area contributed by atoms with E-state index in [9.17, 15) is 23.1 Å². The van der Waals surface area contributed by atoms with Crippen molar-refractivity contribution in [3.05, 3.63) is 155 Å². The van der Waals surface area contributed by atoms with Crippen molar-refractivity contribution in [3.8, 4) is 0 Å². The fourth-order valence-corrected chi connectivity index (χ4v) is 7.91. The molecule has 11 nitrogen and oxygen atoms in total. The molecule has 5 rings (SSSR count). The number of aryl methyl sites for hydroxylation is 2. The van der Waals surface area contributed by atoms with Crippen LogP contribution in [-0.2, 0) is 38.9 Å². The van der Waals surface area contributed by atoms with E-state index in [1.807, 2.05) is 84.9 Å². The van der Waals surface area contributed by atoms with Crippen LogP contribution < -0.4 is 11.1 Å². The van der Waals surface area contributed by atoms with Gasteiger partial charge in [-0.15, -0.1) is 0 Å². The number of hydrogen-bond acceptors (Lipinski definition) is 9. The summed E-state index contributed by atoms with van der Waals surface area (Å²) in [6, 6.07) is 30.6. The zero-order valence-corrected chi connectivity index (χ0v) is 29.9. The van der Waals surface area contributed by atoms with E-state index in [0.29, 0.717) is 23.4 Å². The Kier molecular flexibility index (Phi) is 12.9. The average molecular weight is 722 g/mol. The molecule has 1 amide bonds. The predicted octanol–water partition coefficient (Wildman–Crippen LogP) is 5.22. The summed E-state index contributed by atoms with van der Waals surface area (Å²) in [5.41, 5.74) is 10.7. The van der Waals surface area contributed by atoms with Crippen LogP contribution in [0.4, 0.5) is 10.5 Å². The van der Waals surface area contributed by atoms with Crippen molar-refractivity contribution in [1.29, 1.82) is 0 Å². The number of benzene rings is 4. The number of nitrogen functional groups attached to an aromatic ring is 1. The summed E-state index contributed by atoms with van der Waals surface area (Å²) in [6.45, 7) is 1.25. The van der Waals surface area contributed by atoms with Gasteiger partial charge in [-0.05, 0) is 66.3 Å². The number of sulfonamides is 1. The van der Waals surface area contributed by atoms with Crippen LogP contribution in [0.5, 0.6) is 0 Å². The van der Waals surface area contributed by atoms with Gasteiger partial charge in [0.15, 0.2) is 5.78 Å². The number of methoxy groups -OCH3 is 1. The highest BCUT2D eigenvalue weighted by Gasteiger charge is 2.34. The third kappa shape index (κ3) is 9.26. The van der Waals surface area contributed by atoms with Gasteiger partial charge in [-0.1, -0.05) is 84.9 Å². The maximum Gasteiger partial charge on any atom is 0.407 e. The number of alkyl carbamates (subject to hydrolysis) is 1. The number of carbonyl (C=O) groups is 2. The summed E-state index contributed by atoms with van der Waals surface area (Å²) in [4.78, 5) is 35.4. The standard InChI is InChI=1S/C40H43N5O6S/c1-28-33(24-42-27-43-28)25-45(52(49,50)36-21-18-34(41)19-22-36)35(26-46)20-17-29-11-9-10-16-32(29)23-37(47)39(44-40(48)51-2)38(30-12-5-3-6-13-30)31-14-7-4-8-15-31/h3-16,18-19,21-22,24,27,35,38-39,46H,17,20,23,25-26,41H2,1-2H3,(H,44,48)/t35-,39+/m0/s1. The molecule has 0 aliphatic rings. The predicted molar refractivity (Wildman–Crippen MR) is 199 cm³/mol. The lowest BCUT2D eigenvalue weighted by atomic mass is 9.81. The number of nitrogens with zero attached hydrogens (tertiary/aromatic N) is 3. The maximum atomic E-state index is 14.3. The molecule has 12 heteroatoms. The van der Waals surface area contributed by atoms with Crippen molar-refractivity contribution in [2.24, 2.45) is 0 Å². The van der Waals surface area contributed by atoms with Crippen LogP contribution in [0.3, 0.4) is 0 Å². The first-order chi connectivity index (χ1) is 25.1. The molecule has 4 N–H and O–H groups in total. The minimum Gasteiger partial charge on any atom is -0.453 e. The monoisotopic (exact) mass is 721 g/mol. The van der Waals surface area contributed by atoms with E-state index < -0.39 is 40.7 Å². The molecule has 0 radical (unpaired) electrons. The van der Waals surface area contributed by atoms with E-state index in [-0.39, 0.29) is 30.1 Å². The molecule has 0 fully saturated rings. The Morgan fingerprint density at radius 3 is 2.04 bits per heavy atom. The van der Waals surface area contributed by atoms with Gasteiger partial charge >= 0.3 is 6.09 Å². The van der Waals surface area contributed by atoms with Crippen LogP contribution >= 0.6 is 0 Å². The smallest absolute Gasteiger partial charge is 0.407 e. The molecule has 2 atom stereocenters. The first-order valence-electron chi connectivity index (χ1n) is 16.9. The van der Waals surface area contributed by atoms with E-state index >= 15 is 0 Å². The lowest BCUT2D eigenvalue weighted by molar-refractivity contribution is -0.120. The Labute approximate surface area is 304 Å². The molecule has 270 valence electrons. The molecule has 1 heterocycles. The molecule has 5 aromatic rings. The third-order valence-electron chi connectivity index (χ3n) is 9.13. The molecule has 52 heavy (non-hydrogen) atoms. The SMILES string of the molecule is COC(=O)N[C@H](C(=O)Cc1ccccc1CC[C@@H](CO)N(Cc1cncnc1C)S(=O)(=O)c1ccc(N)cc1)C(c1ccccc1)c1ccccc1. The number of rotatable bonds is 16. The number of ether oxygens (including phenoxy) is 1. The number of Topliss-reactive ketones (excluding diaryl/α,β-unsaturated/α-hetero) is 1.